The number of ether oxygens (including phenoxy) is 1. The van der Waals surface area contributed by atoms with Crippen LogP contribution >= 0.6 is 0 Å². The molecule has 1 saturated heterocycles. The molecular weight excluding hydrogens is 269 g/mol. The van der Waals surface area contributed by atoms with Gasteiger partial charge in [-0.05, 0) is 40.5 Å². The van der Waals surface area contributed by atoms with Crippen LogP contribution in [0.3, 0.4) is 0 Å². The van der Waals surface area contributed by atoms with E-state index in [1.807, 2.05) is 27.7 Å². The first kappa shape index (κ1) is 14.6. The summed E-state index contributed by atoms with van der Waals surface area (Å²) in [7, 11) is 1.05. The molecule has 1 aromatic heterocycles. The van der Waals surface area contributed by atoms with Gasteiger partial charge in [-0.2, -0.15) is 4.98 Å². The highest BCUT2D eigenvalue weighted by atomic mass is 16.7. The van der Waals surface area contributed by atoms with Crippen molar-refractivity contribution >= 4 is 18.5 Å². The molecule has 0 radical (unpaired) electrons. The first-order valence-electron chi connectivity index (χ1n) is 7.32. The van der Waals surface area contributed by atoms with Crippen LogP contribution in [0, 0.1) is 0 Å². The molecule has 114 valence electrons. The predicted molar refractivity (Wildman–Crippen MR) is 80.7 cm³/mol. The average molecular weight is 291 g/mol. The maximum atomic E-state index is 6.13. The van der Waals surface area contributed by atoms with Crippen molar-refractivity contribution in [1.82, 2.24) is 9.97 Å². The van der Waals surface area contributed by atoms with E-state index in [9.17, 15) is 0 Å². The van der Waals surface area contributed by atoms with Crippen molar-refractivity contribution < 1.29 is 14.0 Å². The average Bonchev–Trinajstić information content (AvgIpc) is 3.16. The van der Waals surface area contributed by atoms with E-state index in [1.54, 1.807) is 7.11 Å². The summed E-state index contributed by atoms with van der Waals surface area (Å²) in [5.41, 5.74) is 6.65. The molecule has 0 atom stereocenters. The van der Waals surface area contributed by atoms with Gasteiger partial charge in [-0.3, -0.25) is 0 Å². The zero-order chi connectivity index (χ0) is 15.4. The largest absolute Gasteiger partial charge is 0.502 e. The summed E-state index contributed by atoms with van der Waals surface area (Å²) in [6.07, 6.45) is 2.21. The molecule has 0 bridgehead atoms. The Labute approximate surface area is 125 Å². The number of hydrogen-bond acceptors (Lipinski definition) is 6. The molecular formula is C14H22BN3O3. The molecule has 1 aliphatic carbocycles. The highest BCUT2D eigenvalue weighted by Gasteiger charge is 2.54. The molecule has 1 aliphatic heterocycles. The molecule has 0 amide bonds. The van der Waals surface area contributed by atoms with Gasteiger partial charge in [0, 0.05) is 5.92 Å². The van der Waals surface area contributed by atoms with Crippen LogP contribution in [-0.4, -0.2) is 35.4 Å². The Morgan fingerprint density at radius 2 is 1.71 bits per heavy atom. The third-order valence-electron chi connectivity index (χ3n) is 4.60. The fourth-order valence-corrected chi connectivity index (χ4v) is 2.49. The van der Waals surface area contributed by atoms with E-state index in [-0.39, 0.29) is 5.95 Å². The molecule has 2 N–H and O–H groups in total. The van der Waals surface area contributed by atoms with Gasteiger partial charge < -0.3 is 19.8 Å². The van der Waals surface area contributed by atoms with Crippen LogP contribution in [-0.2, 0) is 9.31 Å². The van der Waals surface area contributed by atoms with Crippen molar-refractivity contribution in [3.63, 3.8) is 0 Å². The molecule has 7 heteroatoms. The van der Waals surface area contributed by atoms with Crippen molar-refractivity contribution in [2.24, 2.45) is 0 Å². The molecule has 1 saturated carbocycles. The van der Waals surface area contributed by atoms with Crippen LogP contribution in [0.2, 0.25) is 0 Å². The number of nitrogen functional groups attached to an aromatic ring is 1. The minimum absolute atomic E-state index is 0.231. The van der Waals surface area contributed by atoms with E-state index in [1.165, 1.54) is 0 Å². The molecule has 0 unspecified atom stereocenters. The third-order valence-corrected chi connectivity index (χ3v) is 4.60. The minimum atomic E-state index is -0.527. The van der Waals surface area contributed by atoms with Gasteiger partial charge in [0.15, 0.2) is 0 Å². The topological polar surface area (TPSA) is 79.5 Å². The Kier molecular flexibility index (Phi) is 3.18. The van der Waals surface area contributed by atoms with Crippen LogP contribution in [0.5, 0.6) is 5.88 Å². The first-order valence-corrected chi connectivity index (χ1v) is 7.32. The van der Waals surface area contributed by atoms with Gasteiger partial charge in [-0.15, -0.1) is 0 Å². The van der Waals surface area contributed by atoms with Gasteiger partial charge in [-0.25, -0.2) is 4.98 Å². The minimum Gasteiger partial charge on any atom is -0.481 e. The molecule has 2 heterocycles. The van der Waals surface area contributed by atoms with Gasteiger partial charge >= 0.3 is 7.12 Å². The van der Waals surface area contributed by atoms with Crippen molar-refractivity contribution in [1.29, 1.82) is 0 Å². The molecule has 0 spiro atoms. The molecule has 21 heavy (non-hydrogen) atoms. The third kappa shape index (κ3) is 2.38. The number of methoxy groups -OCH3 is 1. The highest BCUT2D eigenvalue weighted by Crippen LogP contribution is 2.42. The number of aromatic nitrogens is 2. The van der Waals surface area contributed by atoms with Crippen molar-refractivity contribution in [3.8, 4) is 5.88 Å². The van der Waals surface area contributed by atoms with Crippen LogP contribution in [0.25, 0.3) is 0 Å². The molecule has 2 fully saturated rings. The van der Waals surface area contributed by atoms with E-state index in [0.717, 1.165) is 24.0 Å². The number of nitrogens with zero attached hydrogens (tertiary/aromatic N) is 2. The Hall–Kier alpha value is -1.34. The summed E-state index contributed by atoms with van der Waals surface area (Å²) in [6.45, 7) is 8.09. The molecule has 1 aromatic rings. The van der Waals surface area contributed by atoms with Crippen LogP contribution < -0.4 is 15.9 Å². The van der Waals surface area contributed by atoms with Gasteiger partial charge in [-0.1, -0.05) is 0 Å². The van der Waals surface area contributed by atoms with E-state index < -0.39 is 18.3 Å². The predicted octanol–water partition coefficient (Wildman–Crippen LogP) is 1.24. The summed E-state index contributed by atoms with van der Waals surface area (Å²) in [6, 6.07) is 0. The SMILES string of the molecule is COc1nc(N)nc(C2CC2)c1B1OC(C)(C)C(C)(C)O1. The Bertz CT molecular complexity index is 557. The number of anilines is 1. The normalized spacial score (nSPS) is 23.4. The number of rotatable bonds is 3. The Morgan fingerprint density at radius 1 is 1.14 bits per heavy atom. The molecule has 0 aromatic carbocycles. The summed E-state index contributed by atoms with van der Waals surface area (Å²) >= 11 is 0. The summed E-state index contributed by atoms with van der Waals surface area (Å²) in [5.74, 6) is 1.08. The Balaban J connectivity index is 2.06. The maximum Gasteiger partial charge on any atom is 0.502 e. The monoisotopic (exact) mass is 291 g/mol. The summed E-state index contributed by atoms with van der Waals surface area (Å²) in [5, 5.41) is 0. The lowest BCUT2D eigenvalue weighted by atomic mass is 9.77. The second kappa shape index (κ2) is 4.58. The smallest absolute Gasteiger partial charge is 0.481 e. The van der Waals surface area contributed by atoms with Gasteiger partial charge in [0.05, 0.1) is 29.5 Å². The van der Waals surface area contributed by atoms with Gasteiger partial charge in [0.25, 0.3) is 0 Å². The first-order chi connectivity index (χ1) is 9.75. The summed E-state index contributed by atoms with van der Waals surface area (Å²) in [4.78, 5) is 8.60. The van der Waals surface area contributed by atoms with Gasteiger partial charge in [0.2, 0.25) is 11.8 Å². The fraction of sp³-hybridized carbons (Fsp3) is 0.714. The maximum absolute atomic E-state index is 6.13. The van der Waals surface area contributed by atoms with Crippen molar-refractivity contribution in [2.75, 3.05) is 12.8 Å². The van der Waals surface area contributed by atoms with Crippen molar-refractivity contribution in [2.45, 2.75) is 57.7 Å². The molecule has 2 aliphatic rings. The number of nitrogens with two attached hydrogens (primary N) is 1. The zero-order valence-electron chi connectivity index (χ0n) is 13.3. The van der Waals surface area contributed by atoms with E-state index >= 15 is 0 Å². The molecule has 3 rings (SSSR count). The second-order valence-electron chi connectivity index (χ2n) is 6.75. The summed E-state index contributed by atoms with van der Waals surface area (Å²) < 4.78 is 17.7. The van der Waals surface area contributed by atoms with E-state index in [4.69, 9.17) is 19.8 Å². The lowest BCUT2D eigenvalue weighted by Crippen LogP contribution is -2.41. The standard InChI is InChI=1S/C14H22BN3O3/c1-13(2)14(3,4)21-15(20-13)9-10(8-6-7-8)17-12(16)18-11(9)19-5/h8H,6-7H2,1-5H3,(H2,16,17,18). The fourth-order valence-electron chi connectivity index (χ4n) is 2.49. The van der Waals surface area contributed by atoms with Crippen LogP contribution in [0.4, 0.5) is 5.95 Å². The van der Waals surface area contributed by atoms with E-state index in [0.29, 0.717) is 11.8 Å². The lowest BCUT2D eigenvalue weighted by Gasteiger charge is -2.32. The molecule has 6 nitrogen and oxygen atoms in total. The zero-order valence-corrected chi connectivity index (χ0v) is 13.3. The van der Waals surface area contributed by atoms with E-state index in [2.05, 4.69) is 9.97 Å². The second-order valence-corrected chi connectivity index (χ2v) is 6.75. The van der Waals surface area contributed by atoms with Crippen LogP contribution in [0.1, 0.15) is 52.1 Å². The lowest BCUT2D eigenvalue weighted by molar-refractivity contribution is 0.00578. The van der Waals surface area contributed by atoms with Gasteiger partial charge in [0.1, 0.15) is 0 Å². The number of hydrogen-bond donors (Lipinski definition) is 1. The van der Waals surface area contributed by atoms with Crippen LogP contribution in [0.15, 0.2) is 0 Å². The van der Waals surface area contributed by atoms with Crippen molar-refractivity contribution in [3.05, 3.63) is 5.69 Å². The Morgan fingerprint density at radius 3 is 2.19 bits per heavy atom. The highest BCUT2D eigenvalue weighted by molar-refractivity contribution is 6.63. The quantitative estimate of drug-likeness (QED) is 0.844.